The van der Waals surface area contributed by atoms with Crippen molar-refractivity contribution in [2.45, 2.75) is 39.2 Å². The lowest BCUT2D eigenvalue weighted by Crippen LogP contribution is -2.16. The zero-order valence-corrected chi connectivity index (χ0v) is 9.03. The van der Waals surface area contributed by atoms with E-state index in [0.29, 0.717) is 5.92 Å². The first-order valence-corrected chi connectivity index (χ1v) is 5.74. The summed E-state index contributed by atoms with van der Waals surface area (Å²) >= 11 is 1.82. The summed E-state index contributed by atoms with van der Waals surface area (Å²) < 4.78 is 0. The zero-order valence-electron chi connectivity index (χ0n) is 8.21. The Balaban J connectivity index is 2.23. The number of nitrogens with zero attached hydrogens (tertiary/aromatic N) is 1. The molecule has 0 spiro atoms. The molecule has 0 fully saturated rings. The molecule has 1 aliphatic rings. The van der Waals surface area contributed by atoms with Gasteiger partial charge in [0.15, 0.2) is 0 Å². The van der Waals surface area contributed by atoms with Gasteiger partial charge in [-0.1, -0.05) is 13.8 Å². The van der Waals surface area contributed by atoms with Gasteiger partial charge in [0.2, 0.25) is 0 Å². The summed E-state index contributed by atoms with van der Waals surface area (Å²) in [5.41, 5.74) is 7.36. The molecule has 1 atom stereocenters. The van der Waals surface area contributed by atoms with E-state index < -0.39 is 0 Å². The Kier molecular flexibility index (Phi) is 2.39. The summed E-state index contributed by atoms with van der Waals surface area (Å²) in [6.45, 7) is 4.30. The van der Waals surface area contributed by atoms with Gasteiger partial charge in [-0.3, -0.25) is 0 Å². The lowest BCUT2D eigenvalue weighted by molar-refractivity contribution is 0.511. The normalized spacial score (nSPS) is 17.8. The summed E-state index contributed by atoms with van der Waals surface area (Å²) in [4.78, 5) is 6.08. The molecule has 3 heteroatoms. The molecule has 0 saturated heterocycles. The van der Waals surface area contributed by atoms with Crippen LogP contribution in [0.25, 0.3) is 0 Å². The Bertz CT molecular complexity index is 282. The zero-order chi connectivity index (χ0) is 9.42. The van der Waals surface area contributed by atoms with Crippen LogP contribution in [0.4, 0.5) is 0 Å². The van der Waals surface area contributed by atoms with Crippen molar-refractivity contribution in [3.8, 4) is 0 Å². The molecule has 0 aromatic carbocycles. The number of rotatable bonds is 2. The van der Waals surface area contributed by atoms with Crippen LogP contribution in [0.1, 0.15) is 41.9 Å². The molecule has 0 radical (unpaired) electrons. The van der Waals surface area contributed by atoms with E-state index >= 15 is 0 Å². The third kappa shape index (κ3) is 1.63. The Labute approximate surface area is 83.2 Å². The minimum absolute atomic E-state index is 0.135. The van der Waals surface area contributed by atoms with Gasteiger partial charge in [-0.25, -0.2) is 4.98 Å². The number of aromatic nitrogens is 1. The van der Waals surface area contributed by atoms with E-state index in [9.17, 15) is 0 Å². The van der Waals surface area contributed by atoms with Crippen LogP contribution in [0.15, 0.2) is 0 Å². The van der Waals surface area contributed by atoms with Gasteiger partial charge in [0.05, 0.1) is 11.7 Å². The molecule has 0 aliphatic heterocycles. The molecule has 2 rings (SSSR count). The van der Waals surface area contributed by atoms with Gasteiger partial charge in [-0.05, 0) is 25.2 Å². The van der Waals surface area contributed by atoms with Crippen molar-refractivity contribution in [1.29, 1.82) is 0 Å². The largest absolute Gasteiger partial charge is 0.322 e. The molecule has 2 nitrogen and oxygen atoms in total. The molecular weight excluding hydrogens is 180 g/mol. The predicted molar refractivity (Wildman–Crippen MR) is 55.9 cm³/mol. The van der Waals surface area contributed by atoms with E-state index in [1.807, 2.05) is 11.3 Å². The second kappa shape index (κ2) is 3.39. The maximum Gasteiger partial charge on any atom is 0.110 e. The van der Waals surface area contributed by atoms with Crippen molar-refractivity contribution in [1.82, 2.24) is 4.98 Å². The van der Waals surface area contributed by atoms with Gasteiger partial charge in [0.1, 0.15) is 5.01 Å². The average molecular weight is 196 g/mol. The van der Waals surface area contributed by atoms with Gasteiger partial charge >= 0.3 is 0 Å². The Morgan fingerprint density at radius 2 is 2.15 bits per heavy atom. The molecule has 1 aromatic heterocycles. The van der Waals surface area contributed by atoms with Crippen molar-refractivity contribution in [2.75, 3.05) is 0 Å². The van der Waals surface area contributed by atoms with E-state index in [1.54, 1.807) is 0 Å². The van der Waals surface area contributed by atoms with Crippen LogP contribution in [-0.4, -0.2) is 4.98 Å². The second-order valence-electron chi connectivity index (χ2n) is 4.05. The lowest BCUT2D eigenvalue weighted by Gasteiger charge is -2.11. The highest BCUT2D eigenvalue weighted by Crippen LogP contribution is 2.31. The molecule has 0 saturated carbocycles. The molecule has 1 unspecified atom stereocenters. The Morgan fingerprint density at radius 1 is 1.38 bits per heavy atom. The van der Waals surface area contributed by atoms with Crippen molar-refractivity contribution in [3.63, 3.8) is 0 Å². The maximum absolute atomic E-state index is 6.05. The van der Waals surface area contributed by atoms with Crippen LogP contribution in [-0.2, 0) is 12.8 Å². The first-order chi connectivity index (χ1) is 6.18. The molecule has 0 bridgehead atoms. The average Bonchev–Trinajstić information content (AvgIpc) is 2.59. The van der Waals surface area contributed by atoms with E-state index in [0.717, 1.165) is 11.4 Å². The number of nitrogens with two attached hydrogens (primary N) is 1. The van der Waals surface area contributed by atoms with Gasteiger partial charge < -0.3 is 5.73 Å². The molecule has 72 valence electrons. The molecule has 1 heterocycles. The minimum atomic E-state index is 0.135. The summed E-state index contributed by atoms with van der Waals surface area (Å²) in [6.07, 6.45) is 3.67. The quantitative estimate of drug-likeness (QED) is 0.788. The van der Waals surface area contributed by atoms with E-state index in [-0.39, 0.29) is 6.04 Å². The Morgan fingerprint density at radius 3 is 2.77 bits per heavy atom. The summed E-state index contributed by atoms with van der Waals surface area (Å²) in [5, 5.41) is 1.14. The van der Waals surface area contributed by atoms with Crippen molar-refractivity contribution in [3.05, 3.63) is 15.6 Å². The monoisotopic (exact) mass is 196 g/mol. The summed E-state index contributed by atoms with van der Waals surface area (Å²) in [5.74, 6) is 0.492. The van der Waals surface area contributed by atoms with Crippen LogP contribution in [0.3, 0.4) is 0 Å². The smallest absolute Gasteiger partial charge is 0.110 e. The van der Waals surface area contributed by atoms with Crippen LogP contribution < -0.4 is 5.73 Å². The van der Waals surface area contributed by atoms with Crippen LogP contribution in [0.5, 0.6) is 0 Å². The molecule has 13 heavy (non-hydrogen) atoms. The standard InChI is InChI=1S/C10H16N2S/c1-6(2)9(11)10-12-7-4-3-5-8(7)13-10/h6,9H,3-5,11H2,1-2H3. The first-order valence-electron chi connectivity index (χ1n) is 4.92. The predicted octanol–water partition coefficient (Wildman–Crippen LogP) is 2.29. The minimum Gasteiger partial charge on any atom is -0.322 e. The lowest BCUT2D eigenvalue weighted by atomic mass is 10.1. The number of hydrogen-bond acceptors (Lipinski definition) is 3. The van der Waals surface area contributed by atoms with Gasteiger partial charge in [-0.2, -0.15) is 0 Å². The fourth-order valence-corrected chi connectivity index (χ4v) is 2.97. The number of hydrogen-bond donors (Lipinski definition) is 1. The van der Waals surface area contributed by atoms with Crippen LogP contribution in [0, 0.1) is 5.92 Å². The highest BCUT2D eigenvalue weighted by Gasteiger charge is 2.21. The number of fused-ring (bicyclic) bond motifs is 1. The SMILES string of the molecule is CC(C)C(N)c1nc2c(s1)CCC2. The number of aryl methyl sites for hydroxylation is 2. The second-order valence-corrected chi connectivity index (χ2v) is 5.16. The third-order valence-corrected chi connectivity index (χ3v) is 3.87. The fraction of sp³-hybridized carbons (Fsp3) is 0.700. The van der Waals surface area contributed by atoms with Crippen molar-refractivity contribution in [2.24, 2.45) is 11.7 Å². The van der Waals surface area contributed by atoms with Crippen molar-refractivity contribution < 1.29 is 0 Å². The highest BCUT2D eigenvalue weighted by atomic mass is 32.1. The molecule has 1 aromatic rings. The van der Waals surface area contributed by atoms with Gasteiger partial charge in [-0.15, -0.1) is 11.3 Å². The van der Waals surface area contributed by atoms with Crippen LogP contribution >= 0.6 is 11.3 Å². The summed E-state index contributed by atoms with van der Waals surface area (Å²) in [7, 11) is 0. The molecule has 1 aliphatic carbocycles. The molecule has 0 amide bonds. The maximum atomic E-state index is 6.05. The highest BCUT2D eigenvalue weighted by molar-refractivity contribution is 7.11. The topological polar surface area (TPSA) is 38.9 Å². The van der Waals surface area contributed by atoms with Crippen LogP contribution in [0.2, 0.25) is 0 Å². The van der Waals surface area contributed by atoms with E-state index in [4.69, 9.17) is 5.73 Å². The van der Waals surface area contributed by atoms with Crippen molar-refractivity contribution >= 4 is 11.3 Å². The van der Waals surface area contributed by atoms with E-state index in [1.165, 1.54) is 23.4 Å². The molecular formula is C10H16N2S. The van der Waals surface area contributed by atoms with Gasteiger partial charge in [0.25, 0.3) is 0 Å². The van der Waals surface area contributed by atoms with Gasteiger partial charge in [0, 0.05) is 4.88 Å². The third-order valence-electron chi connectivity index (χ3n) is 2.62. The number of thiazole rings is 1. The molecule has 2 N–H and O–H groups in total. The van der Waals surface area contributed by atoms with E-state index in [2.05, 4.69) is 18.8 Å². The Hall–Kier alpha value is -0.410. The first kappa shape index (κ1) is 9.16. The summed E-state index contributed by atoms with van der Waals surface area (Å²) in [6, 6.07) is 0.135. The fourth-order valence-electron chi connectivity index (χ4n) is 1.64.